The van der Waals surface area contributed by atoms with Crippen molar-refractivity contribution in [2.75, 3.05) is 6.61 Å². The van der Waals surface area contributed by atoms with Crippen LogP contribution in [-0.4, -0.2) is 16.6 Å². The zero-order valence-electron chi connectivity index (χ0n) is 12.8. The van der Waals surface area contributed by atoms with Crippen molar-refractivity contribution in [3.8, 4) is 17.1 Å². The van der Waals surface area contributed by atoms with E-state index in [0.717, 1.165) is 36.5 Å². The molecule has 3 nitrogen and oxygen atoms in total. The summed E-state index contributed by atoms with van der Waals surface area (Å²) in [5, 5.41) is 0.488. The van der Waals surface area contributed by atoms with Crippen molar-refractivity contribution < 1.29 is 4.74 Å². The average Bonchev–Trinajstić information content (AvgIpc) is 2.44. The van der Waals surface area contributed by atoms with E-state index in [-0.39, 0.29) is 0 Å². The second-order valence-electron chi connectivity index (χ2n) is 5.48. The summed E-state index contributed by atoms with van der Waals surface area (Å²) < 4.78 is 5.58. The molecule has 0 unspecified atom stereocenters. The average molecular weight is 305 g/mol. The van der Waals surface area contributed by atoms with E-state index in [1.807, 2.05) is 30.3 Å². The Morgan fingerprint density at radius 2 is 1.86 bits per heavy atom. The molecule has 0 N–H and O–H groups in total. The summed E-state index contributed by atoms with van der Waals surface area (Å²) >= 11 is 6.11. The molecule has 0 saturated carbocycles. The molecule has 2 aromatic rings. The van der Waals surface area contributed by atoms with Crippen molar-refractivity contribution in [3.05, 3.63) is 41.2 Å². The molecule has 0 radical (unpaired) electrons. The van der Waals surface area contributed by atoms with Gasteiger partial charge in [0.05, 0.1) is 6.61 Å². The van der Waals surface area contributed by atoms with E-state index in [9.17, 15) is 0 Å². The van der Waals surface area contributed by atoms with Gasteiger partial charge < -0.3 is 4.74 Å². The molecule has 0 bridgehead atoms. The predicted octanol–water partition coefficient (Wildman–Crippen LogP) is 4.78. The molecular formula is C17H21ClN2O. The minimum Gasteiger partial charge on any atom is -0.494 e. The molecular weight excluding hydrogens is 284 g/mol. The van der Waals surface area contributed by atoms with Crippen LogP contribution in [0.5, 0.6) is 5.75 Å². The van der Waals surface area contributed by atoms with Gasteiger partial charge in [0, 0.05) is 11.3 Å². The molecule has 0 aliphatic carbocycles. The van der Waals surface area contributed by atoms with Crippen LogP contribution in [0.4, 0.5) is 0 Å². The highest BCUT2D eigenvalue weighted by molar-refractivity contribution is 6.29. The number of benzene rings is 1. The Balaban J connectivity index is 2.22. The Morgan fingerprint density at radius 3 is 2.48 bits per heavy atom. The van der Waals surface area contributed by atoms with E-state index in [4.69, 9.17) is 16.3 Å². The minimum absolute atomic E-state index is 0.488. The summed E-state index contributed by atoms with van der Waals surface area (Å²) in [5.41, 5.74) is 1.93. The van der Waals surface area contributed by atoms with Gasteiger partial charge in [-0.2, -0.15) is 0 Å². The number of rotatable bonds is 6. The van der Waals surface area contributed by atoms with Gasteiger partial charge in [0.25, 0.3) is 0 Å². The predicted molar refractivity (Wildman–Crippen MR) is 86.8 cm³/mol. The smallest absolute Gasteiger partial charge is 0.161 e. The lowest BCUT2D eigenvalue weighted by atomic mass is 10.1. The largest absolute Gasteiger partial charge is 0.494 e. The van der Waals surface area contributed by atoms with Gasteiger partial charge in [-0.15, -0.1) is 0 Å². The number of halogens is 1. The summed E-state index contributed by atoms with van der Waals surface area (Å²) in [4.78, 5) is 8.92. The lowest BCUT2D eigenvalue weighted by molar-refractivity contribution is 0.317. The van der Waals surface area contributed by atoms with Gasteiger partial charge in [0.1, 0.15) is 10.9 Å². The van der Waals surface area contributed by atoms with E-state index in [1.54, 1.807) is 0 Å². The SMILES string of the molecule is CCCOc1ccc(-c2nc(Cl)cc(CC(C)C)n2)cc1. The maximum Gasteiger partial charge on any atom is 0.161 e. The van der Waals surface area contributed by atoms with Crippen LogP contribution in [0.3, 0.4) is 0 Å². The van der Waals surface area contributed by atoms with Crippen molar-refractivity contribution in [2.24, 2.45) is 5.92 Å². The summed E-state index contributed by atoms with van der Waals surface area (Å²) in [6.07, 6.45) is 1.89. The zero-order chi connectivity index (χ0) is 15.2. The molecule has 0 fully saturated rings. The number of aromatic nitrogens is 2. The molecule has 0 saturated heterocycles. The van der Waals surface area contributed by atoms with Gasteiger partial charge in [-0.1, -0.05) is 32.4 Å². The van der Waals surface area contributed by atoms with E-state index in [0.29, 0.717) is 16.9 Å². The van der Waals surface area contributed by atoms with Crippen molar-refractivity contribution in [3.63, 3.8) is 0 Å². The van der Waals surface area contributed by atoms with Crippen LogP contribution in [0.2, 0.25) is 5.15 Å². The summed E-state index contributed by atoms with van der Waals surface area (Å²) in [6, 6.07) is 9.66. The Kier molecular flexibility index (Phi) is 5.57. The van der Waals surface area contributed by atoms with Crippen LogP contribution in [0, 0.1) is 5.92 Å². The first-order valence-electron chi connectivity index (χ1n) is 7.35. The van der Waals surface area contributed by atoms with Crippen molar-refractivity contribution in [1.29, 1.82) is 0 Å². The number of nitrogens with zero attached hydrogens (tertiary/aromatic N) is 2. The standard InChI is InChI=1S/C17H21ClN2O/c1-4-9-21-15-7-5-13(6-8-15)17-19-14(10-12(2)3)11-16(18)20-17/h5-8,11-12H,4,9-10H2,1-3H3. The van der Waals surface area contributed by atoms with Gasteiger partial charge in [-0.25, -0.2) is 9.97 Å². The third kappa shape index (κ3) is 4.71. The maximum absolute atomic E-state index is 6.11. The lowest BCUT2D eigenvalue weighted by Gasteiger charge is -2.08. The first-order chi connectivity index (χ1) is 10.1. The van der Waals surface area contributed by atoms with Crippen molar-refractivity contribution >= 4 is 11.6 Å². The fourth-order valence-electron chi connectivity index (χ4n) is 2.04. The molecule has 0 aliphatic heterocycles. The Bertz CT molecular complexity index is 582. The molecule has 1 heterocycles. The van der Waals surface area contributed by atoms with Crippen LogP contribution in [0.15, 0.2) is 30.3 Å². The van der Waals surface area contributed by atoms with E-state index < -0.39 is 0 Å². The highest BCUT2D eigenvalue weighted by atomic mass is 35.5. The molecule has 0 amide bonds. The second kappa shape index (κ2) is 7.41. The molecule has 2 rings (SSSR count). The van der Waals surface area contributed by atoms with Gasteiger partial charge in [0.15, 0.2) is 5.82 Å². The number of hydrogen-bond acceptors (Lipinski definition) is 3. The van der Waals surface area contributed by atoms with Gasteiger partial charge in [0.2, 0.25) is 0 Å². The third-order valence-corrected chi connectivity index (χ3v) is 3.14. The van der Waals surface area contributed by atoms with E-state index in [2.05, 4.69) is 30.7 Å². The number of ether oxygens (including phenoxy) is 1. The van der Waals surface area contributed by atoms with Gasteiger partial charge in [-0.3, -0.25) is 0 Å². The van der Waals surface area contributed by atoms with E-state index >= 15 is 0 Å². The Hall–Kier alpha value is -1.61. The molecule has 0 aliphatic rings. The van der Waals surface area contributed by atoms with Crippen molar-refractivity contribution in [2.45, 2.75) is 33.6 Å². The normalized spacial score (nSPS) is 10.9. The fraction of sp³-hybridized carbons (Fsp3) is 0.412. The molecule has 0 atom stereocenters. The van der Waals surface area contributed by atoms with Crippen LogP contribution in [0.25, 0.3) is 11.4 Å². The van der Waals surface area contributed by atoms with Gasteiger partial charge in [-0.05, 0) is 49.1 Å². The van der Waals surface area contributed by atoms with Crippen LogP contribution in [-0.2, 0) is 6.42 Å². The Labute approximate surface area is 131 Å². The molecule has 4 heteroatoms. The maximum atomic E-state index is 6.11. The van der Waals surface area contributed by atoms with Crippen LogP contribution >= 0.6 is 11.6 Å². The fourth-order valence-corrected chi connectivity index (χ4v) is 2.24. The van der Waals surface area contributed by atoms with Crippen LogP contribution < -0.4 is 4.74 Å². The highest BCUT2D eigenvalue weighted by Crippen LogP contribution is 2.22. The molecule has 21 heavy (non-hydrogen) atoms. The molecule has 0 spiro atoms. The first-order valence-corrected chi connectivity index (χ1v) is 7.73. The van der Waals surface area contributed by atoms with Gasteiger partial charge >= 0.3 is 0 Å². The topological polar surface area (TPSA) is 35.0 Å². The van der Waals surface area contributed by atoms with Crippen LogP contribution in [0.1, 0.15) is 32.9 Å². The molecule has 1 aromatic heterocycles. The minimum atomic E-state index is 0.488. The summed E-state index contributed by atoms with van der Waals surface area (Å²) in [5.74, 6) is 2.07. The summed E-state index contributed by atoms with van der Waals surface area (Å²) in [7, 11) is 0. The Morgan fingerprint density at radius 1 is 1.14 bits per heavy atom. The third-order valence-electron chi connectivity index (χ3n) is 2.95. The second-order valence-corrected chi connectivity index (χ2v) is 5.86. The van der Waals surface area contributed by atoms with Crippen molar-refractivity contribution in [1.82, 2.24) is 9.97 Å². The molecule has 112 valence electrons. The number of hydrogen-bond donors (Lipinski definition) is 0. The zero-order valence-corrected chi connectivity index (χ0v) is 13.5. The lowest BCUT2D eigenvalue weighted by Crippen LogP contribution is -2.01. The van der Waals surface area contributed by atoms with E-state index in [1.165, 1.54) is 0 Å². The first kappa shape index (κ1) is 15.8. The monoisotopic (exact) mass is 304 g/mol. The quantitative estimate of drug-likeness (QED) is 0.720. The summed E-state index contributed by atoms with van der Waals surface area (Å²) in [6.45, 7) is 7.14. The highest BCUT2D eigenvalue weighted by Gasteiger charge is 2.08. The molecule has 1 aromatic carbocycles.